The van der Waals surface area contributed by atoms with Crippen molar-refractivity contribution in [2.45, 2.75) is 32.9 Å². The molecule has 25 heavy (non-hydrogen) atoms. The molecule has 0 saturated heterocycles. The van der Waals surface area contributed by atoms with Crippen molar-refractivity contribution in [1.82, 2.24) is 4.98 Å². The van der Waals surface area contributed by atoms with Gasteiger partial charge in [0.1, 0.15) is 0 Å². The van der Waals surface area contributed by atoms with Crippen LogP contribution in [-0.4, -0.2) is 16.8 Å². The number of benzene rings is 1. The molecule has 0 fully saturated rings. The zero-order valence-electron chi connectivity index (χ0n) is 14.3. The summed E-state index contributed by atoms with van der Waals surface area (Å²) >= 11 is 6.08. The Labute approximate surface area is 151 Å². The largest absolute Gasteiger partial charge is 0.425 e. The van der Waals surface area contributed by atoms with Gasteiger partial charge in [0.05, 0.1) is 11.4 Å². The Morgan fingerprint density at radius 2 is 2.08 bits per heavy atom. The molecule has 0 aliphatic carbocycles. The van der Waals surface area contributed by atoms with Crippen molar-refractivity contribution in [2.24, 2.45) is 10.9 Å². The summed E-state index contributed by atoms with van der Waals surface area (Å²) in [6.45, 7) is 5.88. The third kappa shape index (κ3) is 5.46. The van der Waals surface area contributed by atoms with Crippen LogP contribution in [0.5, 0.6) is 0 Å². The Balaban J connectivity index is 2.10. The minimum Gasteiger partial charge on any atom is -0.425 e. The summed E-state index contributed by atoms with van der Waals surface area (Å²) in [7, 11) is 0. The van der Waals surface area contributed by atoms with Crippen molar-refractivity contribution in [3.63, 3.8) is 0 Å². The zero-order chi connectivity index (χ0) is 18.4. The number of carbonyl (C=O) groups is 1. The number of alkyl halides is 1. The average Bonchev–Trinajstić information content (AvgIpc) is 2.54. The average molecular weight is 362 g/mol. The van der Waals surface area contributed by atoms with Gasteiger partial charge >= 0.3 is 6.09 Å². The van der Waals surface area contributed by atoms with E-state index in [4.69, 9.17) is 26.9 Å². The Morgan fingerprint density at radius 1 is 1.32 bits per heavy atom. The number of ether oxygens (including phenoxy) is 1. The van der Waals surface area contributed by atoms with Crippen LogP contribution in [0.2, 0.25) is 0 Å². The van der Waals surface area contributed by atoms with Crippen LogP contribution in [0.3, 0.4) is 0 Å². The van der Waals surface area contributed by atoms with Gasteiger partial charge in [0, 0.05) is 11.3 Å². The Morgan fingerprint density at radius 3 is 2.76 bits per heavy atom. The highest BCUT2D eigenvalue weighted by Crippen LogP contribution is 2.26. The van der Waals surface area contributed by atoms with E-state index in [0.717, 1.165) is 22.5 Å². The second-order valence-corrected chi connectivity index (χ2v) is 5.94. The molecule has 0 radical (unpaired) electrons. The van der Waals surface area contributed by atoms with Gasteiger partial charge in [0.15, 0.2) is 6.61 Å². The maximum absolute atomic E-state index is 10.9. The zero-order valence-corrected chi connectivity index (χ0v) is 15.1. The number of halogens is 1. The summed E-state index contributed by atoms with van der Waals surface area (Å²) in [5.41, 5.74) is 8.78. The molecule has 1 atom stereocenters. The number of carbonyl (C=O) groups excluding carboxylic acids is 1. The van der Waals surface area contributed by atoms with E-state index in [1.807, 2.05) is 51.1 Å². The number of amides is 1. The number of oxime groups is 1. The first-order valence-electron chi connectivity index (χ1n) is 7.67. The lowest BCUT2D eigenvalue weighted by Crippen LogP contribution is -2.15. The molecule has 2 N–H and O–H groups in total. The first kappa shape index (κ1) is 18.7. The lowest BCUT2D eigenvalue weighted by atomic mass is 10.0. The van der Waals surface area contributed by atoms with E-state index in [-0.39, 0.29) is 6.61 Å². The molecule has 2 rings (SSSR count). The van der Waals surface area contributed by atoms with Gasteiger partial charge in [-0.15, -0.1) is 0 Å². The molecule has 0 bridgehead atoms. The monoisotopic (exact) mass is 361 g/mol. The molecule has 1 unspecified atom stereocenters. The molecule has 0 aliphatic rings. The molecule has 1 aromatic heterocycles. The standard InChI is InChI=1S/C18H20ClN3O3/c1-11-7-8-14(9-16(11)17(19)25-18(20)23)13(3)22-24-10-15-6-4-5-12(2)21-15/h4-9,17H,10H2,1-3H3,(H2,20,23). The Kier molecular flexibility index (Phi) is 6.36. The van der Waals surface area contributed by atoms with Crippen molar-refractivity contribution in [3.8, 4) is 0 Å². The van der Waals surface area contributed by atoms with Crippen LogP contribution in [-0.2, 0) is 16.2 Å². The summed E-state index contributed by atoms with van der Waals surface area (Å²) in [5.74, 6) is 0. The van der Waals surface area contributed by atoms with Crippen molar-refractivity contribution in [2.75, 3.05) is 0 Å². The number of rotatable bonds is 6. The molecule has 1 amide bonds. The van der Waals surface area contributed by atoms with E-state index >= 15 is 0 Å². The molecule has 0 spiro atoms. The molecule has 1 aromatic carbocycles. The predicted molar refractivity (Wildman–Crippen MR) is 96.4 cm³/mol. The maximum Gasteiger partial charge on any atom is 0.406 e. The molecule has 0 saturated carbocycles. The SMILES string of the molecule is CC(=NOCc1cccc(C)n1)c1ccc(C)c(C(Cl)OC(N)=O)c1. The lowest BCUT2D eigenvalue weighted by Gasteiger charge is -2.14. The summed E-state index contributed by atoms with van der Waals surface area (Å²) < 4.78 is 4.83. The van der Waals surface area contributed by atoms with Gasteiger partial charge in [-0.25, -0.2) is 4.79 Å². The number of aromatic nitrogens is 1. The van der Waals surface area contributed by atoms with Gasteiger partial charge in [0.2, 0.25) is 5.56 Å². The van der Waals surface area contributed by atoms with Crippen LogP contribution >= 0.6 is 11.6 Å². The predicted octanol–water partition coefficient (Wildman–Crippen LogP) is 3.97. The van der Waals surface area contributed by atoms with Crippen molar-refractivity contribution in [1.29, 1.82) is 0 Å². The maximum atomic E-state index is 10.9. The van der Waals surface area contributed by atoms with E-state index in [2.05, 4.69) is 10.1 Å². The highest BCUT2D eigenvalue weighted by atomic mass is 35.5. The van der Waals surface area contributed by atoms with Crippen molar-refractivity contribution >= 4 is 23.4 Å². The third-order valence-electron chi connectivity index (χ3n) is 3.52. The molecular weight excluding hydrogens is 342 g/mol. The molecular formula is C18H20ClN3O3. The van der Waals surface area contributed by atoms with Crippen molar-refractivity contribution < 1.29 is 14.4 Å². The lowest BCUT2D eigenvalue weighted by molar-refractivity contribution is 0.127. The second-order valence-electron chi connectivity index (χ2n) is 5.54. The quantitative estimate of drug-likeness (QED) is 0.479. The molecule has 1 heterocycles. The number of hydrogen-bond acceptors (Lipinski definition) is 5. The topological polar surface area (TPSA) is 86.8 Å². The molecule has 6 nitrogen and oxygen atoms in total. The number of hydrogen-bond donors (Lipinski definition) is 1. The van der Waals surface area contributed by atoms with Crippen LogP contribution in [0, 0.1) is 13.8 Å². The molecule has 0 aliphatic heterocycles. The first-order valence-corrected chi connectivity index (χ1v) is 8.10. The number of pyridine rings is 1. The van der Waals surface area contributed by atoms with E-state index < -0.39 is 11.7 Å². The smallest absolute Gasteiger partial charge is 0.406 e. The van der Waals surface area contributed by atoms with Gasteiger partial charge < -0.3 is 15.3 Å². The number of primary amides is 1. The van der Waals surface area contributed by atoms with E-state index in [1.165, 1.54) is 0 Å². The van der Waals surface area contributed by atoms with Crippen LogP contribution in [0.25, 0.3) is 0 Å². The summed E-state index contributed by atoms with van der Waals surface area (Å²) in [5, 5.41) is 4.11. The molecule has 7 heteroatoms. The number of nitrogens with two attached hydrogens (primary N) is 1. The van der Waals surface area contributed by atoms with Crippen LogP contribution in [0.15, 0.2) is 41.6 Å². The minimum absolute atomic E-state index is 0.278. The highest BCUT2D eigenvalue weighted by molar-refractivity contribution is 6.20. The van der Waals surface area contributed by atoms with E-state index in [1.54, 1.807) is 6.07 Å². The minimum atomic E-state index is -0.956. The number of aryl methyl sites for hydroxylation is 2. The van der Waals surface area contributed by atoms with Gasteiger partial charge in [-0.3, -0.25) is 4.98 Å². The van der Waals surface area contributed by atoms with E-state index in [0.29, 0.717) is 11.3 Å². The third-order valence-corrected chi connectivity index (χ3v) is 3.85. The first-order chi connectivity index (χ1) is 11.9. The molecule has 2 aromatic rings. The fourth-order valence-corrected chi connectivity index (χ4v) is 2.53. The summed E-state index contributed by atoms with van der Waals surface area (Å²) in [6, 6.07) is 11.3. The van der Waals surface area contributed by atoms with E-state index in [9.17, 15) is 4.79 Å². The van der Waals surface area contributed by atoms with Crippen LogP contribution in [0.1, 0.15) is 40.6 Å². The van der Waals surface area contributed by atoms with Crippen molar-refractivity contribution in [3.05, 3.63) is 64.5 Å². The van der Waals surface area contributed by atoms with Crippen LogP contribution < -0.4 is 5.73 Å². The second kappa shape index (κ2) is 8.48. The fraction of sp³-hybridized carbons (Fsp3) is 0.278. The number of nitrogens with zero attached hydrogens (tertiary/aromatic N) is 2. The van der Waals surface area contributed by atoms with Gasteiger partial charge in [-0.1, -0.05) is 35.0 Å². The van der Waals surface area contributed by atoms with Gasteiger partial charge in [-0.2, -0.15) is 0 Å². The van der Waals surface area contributed by atoms with Gasteiger partial charge in [-0.05, 0) is 50.1 Å². The Hall–Kier alpha value is -2.60. The Bertz CT molecular complexity index is 793. The van der Waals surface area contributed by atoms with Gasteiger partial charge in [0.25, 0.3) is 0 Å². The normalized spacial score (nSPS) is 12.6. The summed E-state index contributed by atoms with van der Waals surface area (Å²) in [6.07, 6.45) is -0.927. The van der Waals surface area contributed by atoms with Crippen LogP contribution in [0.4, 0.5) is 4.79 Å². The summed E-state index contributed by atoms with van der Waals surface area (Å²) in [4.78, 5) is 20.6. The molecule has 132 valence electrons. The fourth-order valence-electron chi connectivity index (χ4n) is 2.20. The highest BCUT2D eigenvalue weighted by Gasteiger charge is 2.15.